The Balaban J connectivity index is 0.000000468. The van der Waals surface area contributed by atoms with Crippen LogP contribution in [0.3, 0.4) is 0 Å². The molecule has 0 radical (unpaired) electrons. The molecule has 5 aromatic carbocycles. The Kier molecular flexibility index (Phi) is 16.1. The molecular weight excluding hydrogens is 1090 g/mol. The Labute approximate surface area is 412 Å². The van der Waals surface area contributed by atoms with Gasteiger partial charge in [0, 0.05) is 11.0 Å². The van der Waals surface area contributed by atoms with E-state index in [4.69, 9.17) is 0 Å². The van der Waals surface area contributed by atoms with Gasteiger partial charge >= 0.3 is 49.4 Å². The zero-order valence-electron chi connectivity index (χ0n) is 38.2. The normalized spacial score (nSPS) is 13.6. The van der Waals surface area contributed by atoms with Gasteiger partial charge in [-0.3, -0.25) is 9.78 Å². The fraction of sp³-hybridized carbons (Fsp3) is 0.271. The number of hydrogen-bond acceptors (Lipinski definition) is 2. The summed E-state index contributed by atoms with van der Waals surface area (Å²) in [4.78, 5) is 16.5. The summed E-state index contributed by atoms with van der Waals surface area (Å²) < 4.78 is 343. The Hall–Kier alpha value is -6.77. The lowest BCUT2D eigenvalue weighted by Gasteiger charge is -2.46. The Morgan fingerprint density at radius 2 is 0.658 bits per heavy atom. The van der Waals surface area contributed by atoms with E-state index in [1.54, 1.807) is 12.4 Å². The fourth-order valence-corrected chi connectivity index (χ4v) is 7.95. The molecule has 0 amide bonds. The number of hydrogen-bond donors (Lipinski definition) is 0. The predicted octanol–water partition coefficient (Wildman–Crippen LogP) is 13.9. The van der Waals surface area contributed by atoms with Crippen molar-refractivity contribution in [2.24, 2.45) is 5.41 Å². The molecule has 0 atom stereocenters. The third-order valence-electron chi connectivity index (χ3n) is 11.4. The quantitative estimate of drug-likeness (QED) is 0.0691. The van der Waals surface area contributed by atoms with Gasteiger partial charge in [0.1, 0.15) is 12.3 Å². The second-order valence-corrected chi connectivity index (χ2v) is 17.9. The number of carbonyl (C=O) groups excluding carboxylic acids is 1. The van der Waals surface area contributed by atoms with Crippen molar-refractivity contribution in [2.75, 3.05) is 0 Å². The molecule has 0 N–H and O–H groups in total. The maximum Gasteiger partial charge on any atom is 0.416 e. The van der Waals surface area contributed by atoms with E-state index in [0.717, 1.165) is 0 Å². The van der Waals surface area contributed by atoms with Gasteiger partial charge in [-0.15, -0.1) is 0 Å². The number of alkyl halides is 24. The van der Waals surface area contributed by atoms with Crippen molar-refractivity contribution in [3.63, 3.8) is 0 Å². The second-order valence-electron chi connectivity index (χ2n) is 17.9. The van der Waals surface area contributed by atoms with E-state index in [0.29, 0.717) is 12.2 Å². The molecule has 0 unspecified atom stereocenters. The Bertz CT molecular complexity index is 2630. The molecule has 28 heteroatoms. The smallest absolute Gasteiger partial charge is 0.287 e. The molecule has 1 aromatic heterocycles. The maximum atomic E-state index is 14.2. The van der Waals surface area contributed by atoms with Gasteiger partial charge in [-0.25, -0.2) is 0 Å². The van der Waals surface area contributed by atoms with Gasteiger partial charge in [0.2, 0.25) is 5.78 Å². The average Bonchev–Trinajstić information content (AvgIpc) is 3.27. The molecule has 0 saturated carbocycles. The first-order valence-corrected chi connectivity index (χ1v) is 21.0. The number of ketones is 1. The molecule has 0 aliphatic carbocycles. The molecule has 0 bridgehead atoms. The van der Waals surface area contributed by atoms with Gasteiger partial charge < -0.3 is 0 Å². The van der Waals surface area contributed by atoms with Crippen LogP contribution in [0.1, 0.15) is 81.3 Å². The van der Waals surface area contributed by atoms with Crippen molar-refractivity contribution in [3.8, 4) is 0 Å². The van der Waals surface area contributed by atoms with Crippen molar-refractivity contribution in [1.82, 2.24) is 4.98 Å². The highest BCUT2D eigenvalue weighted by Gasteiger charge is 2.47. The van der Waals surface area contributed by atoms with E-state index in [1.165, 1.54) is 5.56 Å². The van der Waals surface area contributed by atoms with Crippen LogP contribution in [0.2, 0.25) is 0 Å². The van der Waals surface area contributed by atoms with Crippen LogP contribution >= 0.6 is 0 Å². The van der Waals surface area contributed by atoms with Crippen molar-refractivity contribution in [3.05, 3.63) is 177 Å². The van der Waals surface area contributed by atoms with E-state index in [-0.39, 0.29) is 5.78 Å². The van der Waals surface area contributed by atoms with Crippen LogP contribution in [0.4, 0.5) is 105 Å². The molecule has 3 nitrogen and oxygen atoms in total. The van der Waals surface area contributed by atoms with Crippen LogP contribution in [0.5, 0.6) is 0 Å². The van der Waals surface area contributed by atoms with E-state index >= 15 is 0 Å². The number of carbonyl (C=O) groups is 1. The summed E-state index contributed by atoms with van der Waals surface area (Å²) in [6, 6.07) is 1.29. The van der Waals surface area contributed by atoms with Gasteiger partial charge in [0.05, 0.1) is 50.7 Å². The van der Waals surface area contributed by atoms with Gasteiger partial charge in [-0.05, 0) is 24.3 Å². The molecule has 6 rings (SSSR count). The summed E-state index contributed by atoms with van der Waals surface area (Å²) in [5, 5.41) is 0. The molecule has 410 valence electrons. The monoisotopic (exact) mass is 1120 g/mol. The minimum atomic E-state index is -6.13. The van der Waals surface area contributed by atoms with Crippen LogP contribution in [-0.2, 0) is 56.0 Å². The minimum absolute atomic E-state index is 0.108. The molecule has 0 fully saturated rings. The first kappa shape index (κ1) is 60.1. The first-order valence-electron chi connectivity index (χ1n) is 21.0. The van der Waals surface area contributed by atoms with Gasteiger partial charge in [-0.1, -0.05) is 99.6 Å². The fourth-order valence-electron chi connectivity index (χ4n) is 7.95. The third kappa shape index (κ3) is 13.8. The summed E-state index contributed by atoms with van der Waals surface area (Å²) in [6.07, 6.45) is -49.6. The average molecular weight is 1120 g/mol. The van der Waals surface area contributed by atoms with Crippen LogP contribution in [0, 0.1) is 5.41 Å². The number of aromatic nitrogens is 2. The van der Waals surface area contributed by atoms with Crippen molar-refractivity contribution < 1.29 is 115 Å². The SMILES string of the molecule is CC(C)(C)C(=O)c1cncc[n+]1Cc1ccccc1.FC(F)(F)c1cc([B-](c2cc(C(F)(F)F)cc(C(F)(F)F)c2)(c2cc(C(F)(F)F)cc(C(F)(F)F)c2)c2cc(C(F)(F)F)cc(C(F)(F)F)c2)cc(C(F)(F)F)c1. The number of rotatable bonds is 7. The number of nitrogens with zero attached hydrogens (tertiary/aromatic N) is 2. The van der Waals surface area contributed by atoms with Crippen molar-refractivity contribution in [2.45, 2.75) is 76.7 Å². The van der Waals surface area contributed by atoms with E-state index in [2.05, 4.69) is 17.1 Å². The highest BCUT2D eigenvalue weighted by atomic mass is 19.4. The number of benzene rings is 5. The number of Topliss-reactive ketones (excluding diaryl/α,β-unsaturated/α-hetero) is 1. The van der Waals surface area contributed by atoms with E-state index in [1.807, 2.05) is 49.7 Å². The van der Waals surface area contributed by atoms with E-state index in [9.17, 15) is 110 Å². The summed E-state index contributed by atoms with van der Waals surface area (Å²) >= 11 is 0. The number of halogens is 24. The van der Waals surface area contributed by atoms with Crippen LogP contribution in [0.15, 0.2) is 122 Å². The van der Waals surface area contributed by atoms with Gasteiger partial charge in [-0.2, -0.15) is 132 Å². The third-order valence-corrected chi connectivity index (χ3v) is 11.4. The zero-order chi connectivity index (χ0) is 57.8. The first-order chi connectivity index (χ1) is 34.2. The molecule has 0 aliphatic rings. The largest absolute Gasteiger partial charge is 0.416 e. The second kappa shape index (κ2) is 20.3. The highest BCUT2D eigenvalue weighted by Crippen LogP contribution is 2.41. The van der Waals surface area contributed by atoms with Gasteiger partial charge in [0.15, 0.2) is 12.7 Å². The van der Waals surface area contributed by atoms with Crippen LogP contribution in [0.25, 0.3) is 0 Å². The lowest BCUT2D eigenvalue weighted by Crippen LogP contribution is -2.75. The Morgan fingerprint density at radius 3 is 0.882 bits per heavy atom. The summed E-state index contributed by atoms with van der Waals surface area (Å²) in [6.45, 7) is 6.46. The summed E-state index contributed by atoms with van der Waals surface area (Å²) in [5.41, 5.74) is -28.8. The molecule has 6 aromatic rings. The predicted molar refractivity (Wildman–Crippen MR) is 224 cm³/mol. The molecular formula is C48H31BF24N2O. The molecule has 0 saturated heterocycles. The highest BCUT2D eigenvalue weighted by molar-refractivity contribution is 7.20. The molecule has 76 heavy (non-hydrogen) atoms. The standard InChI is InChI=1S/C32H12BF24.C16H19N2O/c34-25(35,36)13-1-14(26(37,38)39)6-21(5-13)33(22-7-15(27(40,41)42)2-16(8-22)28(43,44)45,23-9-17(29(46,47)48)3-18(10-23)30(49,50)51)24-11-19(31(52,53)54)4-20(12-24)32(55,56)57;1-16(2,3)15(19)14-11-17-9-10-18(14)12-13-7-5-4-6-8-13/h1-12H;4-11H,12H2,1-3H3/q-1;+1. The molecule has 1 heterocycles. The molecule has 0 aliphatic heterocycles. The summed E-state index contributed by atoms with van der Waals surface area (Å²) in [5.74, 6) is 0.108. The van der Waals surface area contributed by atoms with Crippen LogP contribution in [-0.4, -0.2) is 16.9 Å². The van der Waals surface area contributed by atoms with E-state index < -0.39 is 200 Å². The van der Waals surface area contributed by atoms with Crippen LogP contribution < -0.4 is 26.4 Å². The van der Waals surface area contributed by atoms with Gasteiger partial charge in [0.25, 0.3) is 5.69 Å². The lowest BCUT2D eigenvalue weighted by molar-refractivity contribution is -0.690. The topological polar surface area (TPSA) is 33.8 Å². The van der Waals surface area contributed by atoms with Crippen molar-refractivity contribution in [1.29, 1.82) is 0 Å². The Morgan fingerprint density at radius 1 is 0.408 bits per heavy atom. The van der Waals surface area contributed by atoms with Crippen molar-refractivity contribution >= 4 is 33.8 Å². The lowest BCUT2D eigenvalue weighted by atomic mass is 9.12. The summed E-state index contributed by atoms with van der Waals surface area (Å²) in [7, 11) is 0. The maximum absolute atomic E-state index is 14.2. The molecule has 0 spiro atoms. The minimum Gasteiger partial charge on any atom is -0.287 e. The zero-order valence-corrected chi connectivity index (χ0v) is 38.2.